The van der Waals surface area contributed by atoms with Crippen molar-refractivity contribution in [3.8, 4) is 5.75 Å². The number of hydrogen-bond donors (Lipinski definition) is 3. The fourth-order valence-electron chi connectivity index (χ4n) is 4.67. The lowest BCUT2D eigenvalue weighted by Crippen LogP contribution is -2.47. The lowest BCUT2D eigenvalue weighted by atomic mass is 10.1. The maximum atomic E-state index is 13.4. The van der Waals surface area contributed by atoms with E-state index in [0.717, 1.165) is 66.5 Å². The largest absolute Gasteiger partial charge is 0.495 e. The Kier molecular flexibility index (Phi) is 8.96. The Morgan fingerprint density at radius 3 is 2.10 bits per heavy atom. The number of para-hydroxylation sites is 2. The van der Waals surface area contributed by atoms with Gasteiger partial charge >= 0.3 is 6.03 Å². The number of methoxy groups -OCH3 is 1. The molecular formula is C31H39N5O3. The molecule has 3 aromatic carbocycles. The molecule has 1 aliphatic heterocycles. The molecule has 1 aliphatic rings. The molecule has 4 rings (SSSR count). The van der Waals surface area contributed by atoms with E-state index < -0.39 is 0 Å². The predicted molar refractivity (Wildman–Crippen MR) is 160 cm³/mol. The number of benzene rings is 3. The summed E-state index contributed by atoms with van der Waals surface area (Å²) in [6.07, 6.45) is 0.828. The maximum absolute atomic E-state index is 13.4. The molecule has 1 fully saturated rings. The fraction of sp³-hybridized carbons (Fsp3) is 0.355. The van der Waals surface area contributed by atoms with Crippen molar-refractivity contribution >= 4 is 34.7 Å². The Morgan fingerprint density at radius 2 is 1.46 bits per heavy atom. The number of nitrogens with one attached hydrogen (secondary N) is 3. The second kappa shape index (κ2) is 12.6. The summed E-state index contributed by atoms with van der Waals surface area (Å²) in [5, 5.41) is 8.85. The fourth-order valence-corrected chi connectivity index (χ4v) is 4.67. The quantitative estimate of drug-likeness (QED) is 0.343. The Hall–Kier alpha value is -4.20. The van der Waals surface area contributed by atoms with Gasteiger partial charge in [-0.3, -0.25) is 4.79 Å². The van der Waals surface area contributed by atoms with Crippen molar-refractivity contribution in [2.45, 2.75) is 40.2 Å². The maximum Gasteiger partial charge on any atom is 0.323 e. The molecule has 0 saturated carbocycles. The van der Waals surface area contributed by atoms with Crippen LogP contribution in [0.2, 0.25) is 0 Å². The van der Waals surface area contributed by atoms with Crippen LogP contribution in [-0.4, -0.2) is 51.3 Å². The minimum atomic E-state index is -0.357. The molecule has 1 unspecified atom stereocenters. The number of amides is 3. The number of carbonyl (C=O) groups is 2. The summed E-state index contributed by atoms with van der Waals surface area (Å²) in [4.78, 5) is 30.6. The second-order valence-corrected chi connectivity index (χ2v) is 10.0. The lowest BCUT2D eigenvalue weighted by molar-refractivity contribution is 0.0939. The number of nitrogens with zero attached hydrogens (tertiary/aromatic N) is 2. The Labute approximate surface area is 231 Å². The van der Waals surface area contributed by atoms with Crippen molar-refractivity contribution in [3.05, 3.63) is 77.4 Å². The van der Waals surface area contributed by atoms with Crippen molar-refractivity contribution in [1.82, 2.24) is 5.32 Å². The number of rotatable bonds is 8. The molecule has 0 aromatic heterocycles. The summed E-state index contributed by atoms with van der Waals surface area (Å²) in [5.74, 6) is 0.707. The first kappa shape index (κ1) is 27.8. The van der Waals surface area contributed by atoms with Gasteiger partial charge < -0.3 is 30.5 Å². The molecule has 3 amide bonds. The molecule has 8 nitrogen and oxygen atoms in total. The van der Waals surface area contributed by atoms with E-state index in [9.17, 15) is 9.59 Å². The SMILES string of the molecule is CCC(C)NC(=O)c1cc(NC(=O)Nc2ccc(C)c(C)c2)ccc1N1CCN(c2ccccc2OC)CC1. The minimum absolute atomic E-state index is 0.0393. The number of ether oxygens (including phenoxy) is 1. The summed E-state index contributed by atoms with van der Waals surface area (Å²) >= 11 is 0. The van der Waals surface area contributed by atoms with E-state index in [1.54, 1.807) is 13.2 Å². The van der Waals surface area contributed by atoms with Gasteiger partial charge in [0.1, 0.15) is 5.75 Å². The highest BCUT2D eigenvalue weighted by Gasteiger charge is 2.24. The lowest BCUT2D eigenvalue weighted by Gasteiger charge is -2.38. The van der Waals surface area contributed by atoms with Gasteiger partial charge in [0.05, 0.1) is 18.4 Å². The van der Waals surface area contributed by atoms with Gasteiger partial charge in [-0.15, -0.1) is 0 Å². The molecule has 0 bridgehead atoms. The summed E-state index contributed by atoms with van der Waals surface area (Å²) in [6.45, 7) is 11.2. The third-order valence-corrected chi connectivity index (χ3v) is 7.30. The van der Waals surface area contributed by atoms with Crippen molar-refractivity contribution in [2.24, 2.45) is 0 Å². The number of hydrogen-bond acceptors (Lipinski definition) is 5. The van der Waals surface area contributed by atoms with Crippen LogP contribution in [0.25, 0.3) is 0 Å². The van der Waals surface area contributed by atoms with Crippen LogP contribution in [0.3, 0.4) is 0 Å². The predicted octanol–water partition coefficient (Wildman–Crippen LogP) is 5.81. The van der Waals surface area contributed by atoms with Gasteiger partial charge in [0, 0.05) is 49.3 Å². The number of urea groups is 1. The molecule has 0 aliphatic carbocycles. The van der Waals surface area contributed by atoms with E-state index in [2.05, 4.69) is 31.8 Å². The summed E-state index contributed by atoms with van der Waals surface area (Å²) in [5.41, 5.74) is 6.02. The van der Waals surface area contributed by atoms with Crippen molar-refractivity contribution in [2.75, 3.05) is 53.7 Å². The van der Waals surface area contributed by atoms with Gasteiger partial charge in [-0.25, -0.2) is 4.79 Å². The van der Waals surface area contributed by atoms with Crippen LogP contribution in [0.15, 0.2) is 60.7 Å². The van der Waals surface area contributed by atoms with Crippen LogP contribution in [0.1, 0.15) is 41.8 Å². The van der Waals surface area contributed by atoms with Crippen LogP contribution >= 0.6 is 0 Å². The first-order chi connectivity index (χ1) is 18.8. The molecule has 0 radical (unpaired) electrons. The van der Waals surface area contributed by atoms with E-state index in [4.69, 9.17) is 4.74 Å². The number of aryl methyl sites for hydroxylation is 2. The zero-order valence-corrected chi connectivity index (χ0v) is 23.5. The van der Waals surface area contributed by atoms with Crippen molar-refractivity contribution < 1.29 is 14.3 Å². The van der Waals surface area contributed by atoms with Gasteiger partial charge in [-0.2, -0.15) is 0 Å². The van der Waals surface area contributed by atoms with E-state index in [1.807, 2.05) is 76.2 Å². The number of piperazine rings is 1. The van der Waals surface area contributed by atoms with Crippen LogP contribution in [0, 0.1) is 13.8 Å². The smallest absolute Gasteiger partial charge is 0.323 e. The van der Waals surface area contributed by atoms with Gasteiger partial charge in [-0.05, 0) is 80.8 Å². The zero-order valence-electron chi connectivity index (χ0n) is 23.5. The molecule has 1 heterocycles. The van der Waals surface area contributed by atoms with Gasteiger partial charge in [0.25, 0.3) is 5.91 Å². The molecule has 3 N–H and O–H groups in total. The molecule has 39 heavy (non-hydrogen) atoms. The van der Waals surface area contributed by atoms with E-state index >= 15 is 0 Å². The summed E-state index contributed by atoms with van der Waals surface area (Å²) < 4.78 is 5.55. The van der Waals surface area contributed by atoms with Gasteiger partial charge in [-0.1, -0.05) is 25.1 Å². The monoisotopic (exact) mass is 529 g/mol. The van der Waals surface area contributed by atoms with Crippen molar-refractivity contribution in [1.29, 1.82) is 0 Å². The number of carbonyl (C=O) groups excluding carboxylic acids is 2. The topological polar surface area (TPSA) is 85.9 Å². The summed E-state index contributed by atoms with van der Waals surface area (Å²) in [6, 6.07) is 19.0. The molecule has 206 valence electrons. The van der Waals surface area contributed by atoms with Crippen LogP contribution in [0.5, 0.6) is 5.75 Å². The molecular weight excluding hydrogens is 490 g/mol. The van der Waals surface area contributed by atoms with Crippen LogP contribution in [-0.2, 0) is 0 Å². The molecule has 3 aromatic rings. The summed E-state index contributed by atoms with van der Waals surface area (Å²) in [7, 11) is 1.69. The number of anilines is 4. The van der Waals surface area contributed by atoms with Crippen molar-refractivity contribution in [3.63, 3.8) is 0 Å². The van der Waals surface area contributed by atoms with E-state index in [-0.39, 0.29) is 18.0 Å². The van der Waals surface area contributed by atoms with Gasteiger partial charge in [0.2, 0.25) is 0 Å². The molecule has 1 atom stereocenters. The Morgan fingerprint density at radius 1 is 0.846 bits per heavy atom. The Balaban J connectivity index is 1.52. The second-order valence-electron chi connectivity index (χ2n) is 10.0. The molecule has 0 spiro atoms. The standard InChI is InChI=1S/C31H39N5O3/c1-6-23(4)32-30(37)26-20-25(34-31(38)33-24-12-11-21(2)22(3)19-24)13-14-27(26)35-15-17-36(18-16-35)28-9-7-8-10-29(28)39-5/h7-14,19-20,23H,6,15-18H2,1-5H3,(H,32,37)(H2,33,34,38). The average molecular weight is 530 g/mol. The Bertz CT molecular complexity index is 1320. The highest BCUT2D eigenvalue weighted by Crippen LogP contribution is 2.31. The van der Waals surface area contributed by atoms with E-state index in [0.29, 0.717) is 11.3 Å². The normalized spacial score (nSPS) is 14.0. The van der Waals surface area contributed by atoms with E-state index in [1.165, 1.54) is 0 Å². The van der Waals surface area contributed by atoms with Crippen LogP contribution < -0.4 is 30.5 Å². The molecule has 1 saturated heterocycles. The highest BCUT2D eigenvalue weighted by atomic mass is 16.5. The van der Waals surface area contributed by atoms with Crippen LogP contribution in [0.4, 0.5) is 27.5 Å². The first-order valence-corrected chi connectivity index (χ1v) is 13.5. The minimum Gasteiger partial charge on any atom is -0.495 e. The van der Waals surface area contributed by atoms with Gasteiger partial charge in [0.15, 0.2) is 0 Å². The first-order valence-electron chi connectivity index (χ1n) is 13.5. The molecule has 8 heteroatoms. The third kappa shape index (κ3) is 6.82. The third-order valence-electron chi connectivity index (χ3n) is 7.30. The average Bonchev–Trinajstić information content (AvgIpc) is 2.95. The highest BCUT2D eigenvalue weighted by molar-refractivity contribution is 6.04. The zero-order chi connectivity index (χ0) is 27.9.